The van der Waals surface area contributed by atoms with Crippen LogP contribution in [0.15, 0.2) is 36.7 Å². The normalized spacial score (nSPS) is 11.4. The first kappa shape index (κ1) is 12.6. The number of carbonyl (C=O) groups excluding carboxylic acids is 1. The van der Waals surface area contributed by atoms with Gasteiger partial charge in [0, 0.05) is 6.20 Å². The van der Waals surface area contributed by atoms with Gasteiger partial charge in [-0.3, -0.25) is 9.89 Å². The maximum atomic E-state index is 11.9. The molecule has 1 aromatic carbocycles. The van der Waals surface area contributed by atoms with Gasteiger partial charge in [-0.1, -0.05) is 12.1 Å². The molecule has 96 valence electrons. The number of nitrogens with one attached hydrogen (secondary N) is 2. The van der Waals surface area contributed by atoms with Crippen LogP contribution in [0.1, 0.15) is 12.5 Å². The van der Waals surface area contributed by atoms with Gasteiger partial charge in [0.25, 0.3) is 5.91 Å². The number of hydrogen-bond donors (Lipinski definition) is 2. The maximum absolute atomic E-state index is 11.9. The van der Waals surface area contributed by atoms with Gasteiger partial charge in [0.15, 0.2) is 6.10 Å². The smallest absolute Gasteiger partial charge is 0.265 e. The number of carbonyl (C=O) groups is 1. The number of anilines is 1. The number of para-hydroxylation sites is 1. The van der Waals surface area contributed by atoms with Gasteiger partial charge in [-0.15, -0.1) is 0 Å². The first-order chi connectivity index (χ1) is 9.20. The summed E-state index contributed by atoms with van der Waals surface area (Å²) in [5.41, 5.74) is 0.958. The molecule has 6 nitrogen and oxygen atoms in total. The zero-order valence-electron chi connectivity index (χ0n) is 10.3. The zero-order chi connectivity index (χ0) is 13.7. The predicted molar refractivity (Wildman–Crippen MR) is 68.5 cm³/mol. The van der Waals surface area contributed by atoms with Gasteiger partial charge >= 0.3 is 0 Å². The minimum absolute atomic E-state index is 0.311. The molecular formula is C13H12N4O2. The summed E-state index contributed by atoms with van der Waals surface area (Å²) in [5, 5.41) is 17.9. The van der Waals surface area contributed by atoms with Crippen LogP contribution in [0.4, 0.5) is 5.69 Å². The number of nitrogens with zero attached hydrogens (tertiary/aromatic N) is 2. The van der Waals surface area contributed by atoms with Crippen molar-refractivity contribution in [1.29, 1.82) is 5.26 Å². The molecule has 2 rings (SSSR count). The van der Waals surface area contributed by atoms with Gasteiger partial charge in [-0.05, 0) is 19.1 Å². The number of H-pyrrole nitrogens is 1. The van der Waals surface area contributed by atoms with Gasteiger partial charge in [-0.2, -0.15) is 10.4 Å². The van der Waals surface area contributed by atoms with E-state index >= 15 is 0 Å². The van der Waals surface area contributed by atoms with Crippen molar-refractivity contribution in [3.63, 3.8) is 0 Å². The van der Waals surface area contributed by atoms with E-state index < -0.39 is 6.10 Å². The summed E-state index contributed by atoms with van der Waals surface area (Å²) in [6, 6.07) is 8.79. The van der Waals surface area contributed by atoms with Crippen LogP contribution in [0.2, 0.25) is 0 Å². The van der Waals surface area contributed by atoms with E-state index in [0.717, 1.165) is 0 Å². The molecule has 19 heavy (non-hydrogen) atoms. The van der Waals surface area contributed by atoms with Gasteiger partial charge in [0.2, 0.25) is 0 Å². The van der Waals surface area contributed by atoms with Crippen LogP contribution < -0.4 is 10.1 Å². The molecule has 1 amide bonds. The lowest BCUT2D eigenvalue weighted by Crippen LogP contribution is -2.30. The third-order valence-corrected chi connectivity index (χ3v) is 2.45. The van der Waals surface area contributed by atoms with Gasteiger partial charge in [0.05, 0.1) is 17.4 Å². The highest BCUT2D eigenvalue weighted by molar-refractivity contribution is 5.93. The summed E-state index contributed by atoms with van der Waals surface area (Å²) < 4.78 is 5.48. The Hall–Kier alpha value is -2.81. The number of ether oxygens (including phenoxy) is 1. The molecule has 0 bridgehead atoms. The Labute approximate surface area is 110 Å². The minimum Gasteiger partial charge on any atom is -0.480 e. The number of rotatable bonds is 4. The van der Waals surface area contributed by atoms with Crippen LogP contribution in [-0.4, -0.2) is 22.2 Å². The summed E-state index contributed by atoms with van der Waals surface area (Å²) in [7, 11) is 0. The van der Waals surface area contributed by atoms with E-state index in [9.17, 15) is 4.79 Å². The van der Waals surface area contributed by atoms with Crippen molar-refractivity contribution in [2.45, 2.75) is 13.0 Å². The molecule has 1 atom stereocenters. The molecule has 0 aliphatic rings. The van der Waals surface area contributed by atoms with Gasteiger partial charge in [-0.25, -0.2) is 0 Å². The number of benzene rings is 1. The molecule has 0 radical (unpaired) electrons. The molecule has 6 heteroatoms. The molecule has 0 saturated carbocycles. The van der Waals surface area contributed by atoms with Crippen LogP contribution in [0.25, 0.3) is 0 Å². The molecule has 0 saturated heterocycles. The Morgan fingerprint density at radius 1 is 1.53 bits per heavy atom. The van der Waals surface area contributed by atoms with E-state index in [0.29, 0.717) is 17.0 Å². The average molecular weight is 256 g/mol. The summed E-state index contributed by atoms with van der Waals surface area (Å²) in [6.07, 6.45) is 2.34. The average Bonchev–Trinajstić information content (AvgIpc) is 2.92. The lowest BCUT2D eigenvalue weighted by molar-refractivity contribution is -0.122. The standard InChI is InChI=1S/C13H12N4O2/c1-9(13(18)17-11-7-15-16-8-11)19-12-5-3-2-4-10(12)6-14/h2-5,7-9H,1H3,(H,15,16)(H,17,18). The highest BCUT2D eigenvalue weighted by Gasteiger charge is 2.16. The molecule has 0 aliphatic heterocycles. The largest absolute Gasteiger partial charge is 0.480 e. The highest BCUT2D eigenvalue weighted by Crippen LogP contribution is 2.18. The van der Waals surface area contributed by atoms with E-state index in [4.69, 9.17) is 10.00 Å². The highest BCUT2D eigenvalue weighted by atomic mass is 16.5. The minimum atomic E-state index is -0.718. The number of nitriles is 1. The summed E-state index contributed by atoms with van der Waals surface area (Å²) >= 11 is 0. The molecule has 1 aromatic heterocycles. The zero-order valence-corrected chi connectivity index (χ0v) is 10.3. The number of amides is 1. The van der Waals surface area contributed by atoms with Crippen molar-refractivity contribution in [1.82, 2.24) is 10.2 Å². The van der Waals surface area contributed by atoms with Crippen molar-refractivity contribution in [3.8, 4) is 11.8 Å². The van der Waals surface area contributed by atoms with Gasteiger partial charge < -0.3 is 10.1 Å². The molecule has 2 N–H and O–H groups in total. The molecule has 2 aromatic rings. The SMILES string of the molecule is CC(Oc1ccccc1C#N)C(=O)Nc1cn[nH]c1. The Kier molecular flexibility index (Phi) is 3.78. The van der Waals surface area contributed by atoms with Crippen molar-refractivity contribution < 1.29 is 9.53 Å². The molecule has 0 aliphatic carbocycles. The van der Waals surface area contributed by atoms with Crippen molar-refractivity contribution in [3.05, 3.63) is 42.2 Å². The predicted octanol–water partition coefficient (Wildman–Crippen LogP) is 1.69. The molecular weight excluding hydrogens is 244 g/mol. The topological polar surface area (TPSA) is 90.8 Å². The molecule has 0 spiro atoms. The molecule has 1 unspecified atom stereocenters. The number of aromatic nitrogens is 2. The Morgan fingerprint density at radius 3 is 3.00 bits per heavy atom. The monoisotopic (exact) mass is 256 g/mol. The molecule has 0 fully saturated rings. The second-order valence-corrected chi connectivity index (χ2v) is 3.84. The summed E-state index contributed by atoms with van der Waals surface area (Å²) in [6.45, 7) is 1.61. The fraction of sp³-hybridized carbons (Fsp3) is 0.154. The second kappa shape index (κ2) is 5.69. The lowest BCUT2D eigenvalue weighted by atomic mass is 10.2. The number of hydrogen-bond acceptors (Lipinski definition) is 4. The quantitative estimate of drug-likeness (QED) is 0.870. The second-order valence-electron chi connectivity index (χ2n) is 3.84. The fourth-order valence-corrected chi connectivity index (χ4v) is 1.47. The maximum Gasteiger partial charge on any atom is 0.265 e. The first-order valence-corrected chi connectivity index (χ1v) is 5.66. The summed E-state index contributed by atoms with van der Waals surface area (Å²) in [4.78, 5) is 11.9. The van der Waals surface area contributed by atoms with Crippen molar-refractivity contribution in [2.75, 3.05) is 5.32 Å². The van der Waals surface area contributed by atoms with Crippen LogP contribution in [0.3, 0.4) is 0 Å². The van der Waals surface area contributed by atoms with E-state index in [1.54, 1.807) is 37.4 Å². The van der Waals surface area contributed by atoms with E-state index in [1.807, 2.05) is 6.07 Å². The Bertz CT molecular complexity index is 601. The van der Waals surface area contributed by atoms with Crippen LogP contribution in [-0.2, 0) is 4.79 Å². The van der Waals surface area contributed by atoms with Crippen LogP contribution in [0.5, 0.6) is 5.75 Å². The van der Waals surface area contributed by atoms with Crippen molar-refractivity contribution >= 4 is 11.6 Å². The van der Waals surface area contributed by atoms with Crippen molar-refractivity contribution in [2.24, 2.45) is 0 Å². The Balaban J connectivity index is 2.02. The third-order valence-electron chi connectivity index (χ3n) is 2.45. The van der Waals surface area contributed by atoms with E-state index in [2.05, 4.69) is 15.5 Å². The Morgan fingerprint density at radius 2 is 2.32 bits per heavy atom. The van der Waals surface area contributed by atoms with Crippen LogP contribution >= 0.6 is 0 Å². The number of aromatic amines is 1. The van der Waals surface area contributed by atoms with E-state index in [-0.39, 0.29) is 5.91 Å². The van der Waals surface area contributed by atoms with Crippen LogP contribution in [0, 0.1) is 11.3 Å². The third kappa shape index (κ3) is 3.10. The van der Waals surface area contributed by atoms with E-state index in [1.165, 1.54) is 6.20 Å². The summed E-state index contributed by atoms with van der Waals surface area (Å²) in [5.74, 6) is 0.0778. The lowest BCUT2D eigenvalue weighted by Gasteiger charge is -2.14. The first-order valence-electron chi connectivity index (χ1n) is 5.66. The van der Waals surface area contributed by atoms with Gasteiger partial charge in [0.1, 0.15) is 11.8 Å². The molecule has 1 heterocycles. The fourth-order valence-electron chi connectivity index (χ4n) is 1.47.